The van der Waals surface area contributed by atoms with Crippen molar-refractivity contribution in [1.29, 1.82) is 0 Å². The molecule has 0 unspecified atom stereocenters. The van der Waals surface area contributed by atoms with Gasteiger partial charge in [0.2, 0.25) is 0 Å². The van der Waals surface area contributed by atoms with Gasteiger partial charge in [0.25, 0.3) is 0 Å². The molecule has 7 aromatic carbocycles. The fourth-order valence-electron chi connectivity index (χ4n) is 7.19. The van der Waals surface area contributed by atoms with E-state index in [1.807, 2.05) is 0 Å². The topological polar surface area (TPSA) is 17.3 Å². The van der Waals surface area contributed by atoms with Gasteiger partial charge >= 0.3 is 0 Å². The SMILES string of the molecule is CC/C=C(\N=C(CCC)c1cc2ccccc2cc1-c1ccc(-n2c3ccccc3c3c4ccccc4ccc32)cc1)c1ccccc1. The Morgan fingerprint density at radius 2 is 1.27 bits per heavy atom. The van der Waals surface area contributed by atoms with Gasteiger partial charge in [0.05, 0.1) is 16.7 Å². The van der Waals surface area contributed by atoms with Crippen LogP contribution in [0.25, 0.3) is 65.9 Å². The fraction of sp³-hybridized carbons (Fsp3) is 0.109. The Morgan fingerprint density at radius 3 is 2.02 bits per heavy atom. The number of aliphatic imine (C=N–C) groups is 1. The highest BCUT2D eigenvalue weighted by Gasteiger charge is 2.17. The number of fused-ring (bicyclic) bond motifs is 6. The van der Waals surface area contributed by atoms with Crippen LogP contribution in [-0.4, -0.2) is 10.3 Å². The van der Waals surface area contributed by atoms with Gasteiger partial charge in [-0.2, -0.15) is 0 Å². The molecule has 0 saturated carbocycles. The number of hydrogen-bond donors (Lipinski definition) is 0. The summed E-state index contributed by atoms with van der Waals surface area (Å²) in [7, 11) is 0. The Kier molecular flexibility index (Phi) is 7.92. The Hall–Kier alpha value is -5.73. The maximum Gasteiger partial charge on any atom is 0.0665 e. The summed E-state index contributed by atoms with van der Waals surface area (Å²) in [4.78, 5) is 5.41. The highest BCUT2D eigenvalue weighted by Crippen LogP contribution is 2.38. The van der Waals surface area contributed by atoms with E-state index >= 15 is 0 Å². The second kappa shape index (κ2) is 12.8. The molecule has 0 amide bonds. The third-order valence-corrected chi connectivity index (χ3v) is 9.40. The molecule has 0 aliphatic heterocycles. The van der Waals surface area contributed by atoms with Gasteiger partial charge in [-0.05, 0) is 87.5 Å². The molecule has 1 heterocycles. The molecule has 2 heteroatoms. The van der Waals surface area contributed by atoms with Crippen molar-refractivity contribution in [3.63, 3.8) is 0 Å². The maximum atomic E-state index is 5.41. The lowest BCUT2D eigenvalue weighted by Crippen LogP contribution is -2.05. The van der Waals surface area contributed by atoms with E-state index in [4.69, 9.17) is 4.99 Å². The zero-order valence-corrected chi connectivity index (χ0v) is 27.5. The smallest absolute Gasteiger partial charge is 0.0665 e. The maximum absolute atomic E-state index is 5.41. The van der Waals surface area contributed by atoms with Crippen LogP contribution in [-0.2, 0) is 0 Å². The summed E-state index contributed by atoms with van der Waals surface area (Å²) in [6.45, 7) is 4.42. The molecule has 232 valence electrons. The molecule has 8 rings (SSSR count). The Labute approximate surface area is 282 Å². The Bertz CT molecular complexity index is 2480. The lowest BCUT2D eigenvalue weighted by molar-refractivity contribution is 0.993. The lowest BCUT2D eigenvalue weighted by atomic mass is 9.91. The molecular weight excluding hydrogens is 581 g/mol. The molecule has 0 saturated heterocycles. The predicted molar refractivity (Wildman–Crippen MR) is 207 cm³/mol. The van der Waals surface area contributed by atoms with E-state index in [9.17, 15) is 0 Å². The van der Waals surface area contributed by atoms with Gasteiger partial charge in [0.15, 0.2) is 0 Å². The number of hydrogen-bond acceptors (Lipinski definition) is 1. The molecule has 2 nitrogen and oxygen atoms in total. The normalized spacial score (nSPS) is 12.5. The summed E-state index contributed by atoms with van der Waals surface area (Å²) in [5.41, 5.74) is 10.5. The summed E-state index contributed by atoms with van der Waals surface area (Å²) in [6.07, 6.45) is 5.08. The molecule has 0 aliphatic carbocycles. The average molecular weight is 619 g/mol. The summed E-state index contributed by atoms with van der Waals surface area (Å²) < 4.78 is 2.41. The molecule has 48 heavy (non-hydrogen) atoms. The molecule has 8 aromatic rings. The first kappa shape index (κ1) is 29.7. The third-order valence-electron chi connectivity index (χ3n) is 9.40. The Morgan fingerprint density at radius 1 is 0.604 bits per heavy atom. The average Bonchev–Trinajstić information content (AvgIpc) is 3.49. The minimum atomic E-state index is 0.895. The molecular formula is C46H38N2. The summed E-state index contributed by atoms with van der Waals surface area (Å²) in [6, 6.07) is 55.1. The van der Waals surface area contributed by atoms with Crippen LogP contribution in [0, 0.1) is 0 Å². The Balaban J connectivity index is 1.30. The van der Waals surface area contributed by atoms with Crippen molar-refractivity contribution in [2.24, 2.45) is 4.99 Å². The second-order valence-electron chi connectivity index (χ2n) is 12.5. The molecule has 0 N–H and O–H groups in total. The van der Waals surface area contributed by atoms with Gasteiger partial charge in [-0.1, -0.05) is 142 Å². The van der Waals surface area contributed by atoms with Crippen molar-refractivity contribution < 1.29 is 0 Å². The van der Waals surface area contributed by atoms with E-state index < -0.39 is 0 Å². The number of rotatable bonds is 8. The van der Waals surface area contributed by atoms with Crippen LogP contribution in [0.2, 0.25) is 0 Å². The van der Waals surface area contributed by atoms with Crippen LogP contribution in [0.4, 0.5) is 0 Å². The van der Waals surface area contributed by atoms with Crippen LogP contribution in [0.1, 0.15) is 44.2 Å². The molecule has 0 bridgehead atoms. The van der Waals surface area contributed by atoms with E-state index in [-0.39, 0.29) is 0 Å². The van der Waals surface area contributed by atoms with Crippen LogP contribution >= 0.6 is 0 Å². The monoisotopic (exact) mass is 618 g/mol. The van der Waals surface area contributed by atoms with Crippen molar-refractivity contribution in [3.05, 3.63) is 169 Å². The van der Waals surface area contributed by atoms with Crippen LogP contribution in [0.3, 0.4) is 0 Å². The van der Waals surface area contributed by atoms with Gasteiger partial charge in [0.1, 0.15) is 0 Å². The number of aromatic nitrogens is 1. The van der Waals surface area contributed by atoms with Gasteiger partial charge in [-0.3, -0.25) is 4.99 Å². The zero-order valence-electron chi connectivity index (χ0n) is 27.5. The van der Waals surface area contributed by atoms with Gasteiger partial charge in [0, 0.05) is 27.7 Å². The molecule has 0 fully saturated rings. The van der Waals surface area contributed by atoms with Crippen molar-refractivity contribution >= 4 is 54.8 Å². The third kappa shape index (κ3) is 5.30. The largest absolute Gasteiger partial charge is 0.309 e. The van der Waals surface area contributed by atoms with E-state index in [0.717, 1.165) is 41.9 Å². The predicted octanol–water partition coefficient (Wildman–Crippen LogP) is 12.8. The zero-order chi connectivity index (χ0) is 32.5. The lowest BCUT2D eigenvalue weighted by Gasteiger charge is -2.16. The van der Waals surface area contributed by atoms with E-state index in [1.165, 1.54) is 60.0 Å². The van der Waals surface area contributed by atoms with E-state index in [0.29, 0.717) is 0 Å². The van der Waals surface area contributed by atoms with E-state index in [1.54, 1.807) is 0 Å². The van der Waals surface area contributed by atoms with Crippen LogP contribution in [0.5, 0.6) is 0 Å². The number of para-hydroxylation sites is 1. The molecule has 0 atom stereocenters. The first-order chi connectivity index (χ1) is 23.7. The number of allylic oxidation sites excluding steroid dienone is 1. The van der Waals surface area contributed by atoms with Gasteiger partial charge in [-0.25, -0.2) is 0 Å². The molecule has 0 spiro atoms. The molecule has 1 aromatic heterocycles. The van der Waals surface area contributed by atoms with Gasteiger partial charge < -0.3 is 4.57 Å². The van der Waals surface area contributed by atoms with Gasteiger partial charge in [-0.15, -0.1) is 0 Å². The minimum Gasteiger partial charge on any atom is -0.309 e. The van der Waals surface area contributed by atoms with Crippen molar-refractivity contribution in [1.82, 2.24) is 4.57 Å². The fourth-order valence-corrected chi connectivity index (χ4v) is 7.19. The summed E-state index contributed by atoms with van der Waals surface area (Å²) in [5.74, 6) is 0. The van der Waals surface area contributed by atoms with Crippen molar-refractivity contribution in [2.45, 2.75) is 33.1 Å². The first-order valence-electron chi connectivity index (χ1n) is 17.1. The second-order valence-corrected chi connectivity index (χ2v) is 12.5. The molecule has 0 radical (unpaired) electrons. The molecule has 0 aliphatic rings. The standard InChI is InChI=1S/C46H38N2/c1-3-14-42(34-17-6-5-7-18-34)47-43(15-4-2)41-31-36-20-9-8-19-35(36)30-40(41)33-24-27-37(28-25-33)48-44-23-13-12-22-39(44)46-38-21-11-10-16-32(38)26-29-45(46)48/h5-14,16-31H,3-4,15H2,1-2H3/b42-14-,47-43?. The summed E-state index contributed by atoms with van der Waals surface area (Å²) in [5, 5.41) is 7.60. The number of nitrogens with zero attached hydrogens (tertiary/aromatic N) is 2. The number of benzene rings is 7. The quantitative estimate of drug-likeness (QED) is 0.151. The highest BCUT2D eigenvalue weighted by atomic mass is 15.0. The van der Waals surface area contributed by atoms with E-state index in [2.05, 4.69) is 176 Å². The van der Waals surface area contributed by atoms with Crippen molar-refractivity contribution in [3.8, 4) is 16.8 Å². The minimum absolute atomic E-state index is 0.895. The highest BCUT2D eigenvalue weighted by molar-refractivity contribution is 6.21. The van der Waals surface area contributed by atoms with Crippen LogP contribution < -0.4 is 0 Å². The van der Waals surface area contributed by atoms with Crippen LogP contribution in [0.15, 0.2) is 163 Å². The van der Waals surface area contributed by atoms with Crippen molar-refractivity contribution in [2.75, 3.05) is 0 Å². The summed E-state index contributed by atoms with van der Waals surface area (Å²) >= 11 is 0. The first-order valence-corrected chi connectivity index (χ1v) is 17.1.